The molecule has 4 nitrogen and oxygen atoms in total. The van der Waals surface area contributed by atoms with E-state index in [1.54, 1.807) is 25.1 Å². The number of rotatable bonds is 5. The molecule has 0 unspecified atom stereocenters. The normalized spacial score (nSPS) is 11.2. The first kappa shape index (κ1) is 15.6. The van der Waals surface area contributed by atoms with E-state index in [1.165, 1.54) is 6.07 Å². The Morgan fingerprint density at radius 3 is 2.43 bits per heavy atom. The first-order valence-corrected chi connectivity index (χ1v) is 7.84. The zero-order chi connectivity index (χ0) is 15.5. The summed E-state index contributed by atoms with van der Waals surface area (Å²) in [5.41, 5.74) is 0. The fraction of sp³-hybridized carbons (Fsp3) is 0.143. The molecule has 0 aliphatic rings. The van der Waals surface area contributed by atoms with Crippen LogP contribution in [0.1, 0.15) is 6.92 Å². The van der Waals surface area contributed by atoms with Gasteiger partial charge in [0, 0.05) is 0 Å². The summed E-state index contributed by atoms with van der Waals surface area (Å²) >= 11 is 5.75. The molecule has 2 aromatic rings. The minimum absolute atomic E-state index is 0.0414. The average Bonchev–Trinajstić information content (AvgIpc) is 2.40. The number of halogens is 2. The minimum Gasteiger partial charge on any atom is -0.490 e. The van der Waals surface area contributed by atoms with Gasteiger partial charge < -0.3 is 8.92 Å². The van der Waals surface area contributed by atoms with Crippen molar-refractivity contribution >= 4 is 21.7 Å². The highest BCUT2D eigenvalue weighted by Gasteiger charge is 2.22. The summed E-state index contributed by atoms with van der Waals surface area (Å²) in [6.45, 7) is 2.12. The Hall–Kier alpha value is -1.79. The van der Waals surface area contributed by atoms with E-state index in [2.05, 4.69) is 0 Å². The predicted octanol–water partition coefficient (Wildman–Crippen LogP) is 3.65. The molecule has 0 bridgehead atoms. The summed E-state index contributed by atoms with van der Waals surface area (Å²) < 4.78 is 47.7. The lowest BCUT2D eigenvalue weighted by atomic mass is 10.3. The van der Waals surface area contributed by atoms with Gasteiger partial charge in [0.05, 0.1) is 11.6 Å². The zero-order valence-electron chi connectivity index (χ0n) is 11.0. The van der Waals surface area contributed by atoms with Gasteiger partial charge in [-0.05, 0) is 37.3 Å². The molecule has 0 atom stereocenters. The molecule has 0 aromatic heterocycles. The van der Waals surface area contributed by atoms with Crippen molar-refractivity contribution < 1.29 is 21.7 Å². The van der Waals surface area contributed by atoms with Crippen LogP contribution in [0.5, 0.6) is 11.5 Å². The zero-order valence-corrected chi connectivity index (χ0v) is 12.6. The first-order chi connectivity index (χ1) is 9.94. The number of ether oxygens (including phenoxy) is 1. The quantitative estimate of drug-likeness (QED) is 0.785. The molecule has 2 aromatic carbocycles. The molecule has 7 heteroatoms. The molecule has 0 radical (unpaired) electrons. The Labute approximate surface area is 127 Å². The lowest BCUT2D eigenvalue weighted by Gasteiger charge is -2.12. The van der Waals surface area contributed by atoms with Crippen LogP contribution in [0.4, 0.5) is 4.39 Å². The van der Waals surface area contributed by atoms with Crippen molar-refractivity contribution in [2.24, 2.45) is 0 Å². The third-order valence-electron chi connectivity index (χ3n) is 2.51. The molecular weight excluding hydrogens is 319 g/mol. The van der Waals surface area contributed by atoms with Crippen molar-refractivity contribution in [1.29, 1.82) is 0 Å². The Morgan fingerprint density at radius 2 is 1.81 bits per heavy atom. The molecule has 0 aliphatic heterocycles. The van der Waals surface area contributed by atoms with Crippen molar-refractivity contribution in [3.63, 3.8) is 0 Å². The monoisotopic (exact) mass is 330 g/mol. The highest BCUT2D eigenvalue weighted by molar-refractivity contribution is 7.87. The number of benzene rings is 2. The molecule has 0 N–H and O–H groups in total. The molecule has 112 valence electrons. The van der Waals surface area contributed by atoms with Crippen LogP contribution in [0.2, 0.25) is 5.02 Å². The summed E-state index contributed by atoms with van der Waals surface area (Å²) in [5.74, 6) is -0.296. The Balaban J connectivity index is 2.38. The Kier molecular flexibility index (Phi) is 4.69. The van der Waals surface area contributed by atoms with E-state index in [-0.39, 0.29) is 15.7 Å². The Bertz CT molecular complexity index is 746. The summed E-state index contributed by atoms with van der Waals surface area (Å²) in [7, 11) is -4.18. The van der Waals surface area contributed by atoms with Crippen LogP contribution in [0, 0.1) is 5.82 Å². The van der Waals surface area contributed by atoms with Gasteiger partial charge in [-0.2, -0.15) is 8.42 Å². The predicted molar refractivity (Wildman–Crippen MR) is 76.8 cm³/mol. The number of hydrogen-bond acceptors (Lipinski definition) is 4. The van der Waals surface area contributed by atoms with Crippen LogP contribution in [0.25, 0.3) is 0 Å². The van der Waals surface area contributed by atoms with Gasteiger partial charge in [-0.25, -0.2) is 4.39 Å². The second kappa shape index (κ2) is 6.32. The molecule has 0 aliphatic carbocycles. The fourth-order valence-corrected chi connectivity index (χ4v) is 3.08. The van der Waals surface area contributed by atoms with Crippen molar-refractivity contribution in [2.45, 2.75) is 11.8 Å². The van der Waals surface area contributed by atoms with Gasteiger partial charge in [0.25, 0.3) is 0 Å². The second-order valence-electron chi connectivity index (χ2n) is 3.99. The lowest BCUT2D eigenvalue weighted by Crippen LogP contribution is -2.11. The lowest BCUT2D eigenvalue weighted by molar-refractivity contribution is 0.327. The van der Waals surface area contributed by atoms with Crippen LogP contribution >= 0.6 is 11.6 Å². The van der Waals surface area contributed by atoms with Gasteiger partial charge in [0.2, 0.25) is 0 Å². The molecule has 0 heterocycles. The number of hydrogen-bond donors (Lipinski definition) is 0. The van der Waals surface area contributed by atoms with Crippen LogP contribution in [0.3, 0.4) is 0 Å². The topological polar surface area (TPSA) is 52.6 Å². The highest BCUT2D eigenvalue weighted by Crippen LogP contribution is 2.31. The van der Waals surface area contributed by atoms with Gasteiger partial charge >= 0.3 is 10.1 Å². The smallest absolute Gasteiger partial charge is 0.340 e. The second-order valence-corrected chi connectivity index (χ2v) is 5.91. The van der Waals surface area contributed by atoms with E-state index in [9.17, 15) is 12.8 Å². The third-order valence-corrected chi connectivity index (χ3v) is 4.23. The molecule has 0 amide bonds. The highest BCUT2D eigenvalue weighted by atomic mass is 35.5. The number of para-hydroxylation sites is 2. The average molecular weight is 331 g/mol. The maximum absolute atomic E-state index is 13.0. The van der Waals surface area contributed by atoms with E-state index in [0.29, 0.717) is 12.4 Å². The summed E-state index contributed by atoms with van der Waals surface area (Å²) in [5, 5.41) is -0.246. The molecule has 0 saturated carbocycles. The largest absolute Gasteiger partial charge is 0.490 e. The summed E-state index contributed by atoms with van der Waals surface area (Å²) in [4.78, 5) is -0.308. The van der Waals surface area contributed by atoms with Gasteiger partial charge in [-0.15, -0.1) is 0 Å². The third kappa shape index (κ3) is 3.65. The van der Waals surface area contributed by atoms with Gasteiger partial charge in [0.15, 0.2) is 11.5 Å². The molecule has 2 rings (SSSR count). The van der Waals surface area contributed by atoms with E-state index in [0.717, 1.165) is 18.2 Å². The van der Waals surface area contributed by atoms with E-state index >= 15 is 0 Å². The van der Waals surface area contributed by atoms with Crippen molar-refractivity contribution in [2.75, 3.05) is 6.61 Å². The van der Waals surface area contributed by atoms with E-state index < -0.39 is 15.9 Å². The standard InChI is InChI=1S/C14H12ClFO4S/c1-2-19-12-5-3-4-6-13(12)20-21(17,18)14-8-7-10(16)9-11(14)15/h3-9H,2H2,1H3. The van der Waals surface area contributed by atoms with Crippen molar-refractivity contribution in [1.82, 2.24) is 0 Å². The van der Waals surface area contributed by atoms with Crippen molar-refractivity contribution in [3.8, 4) is 11.5 Å². The van der Waals surface area contributed by atoms with Gasteiger partial charge in [-0.3, -0.25) is 0 Å². The van der Waals surface area contributed by atoms with Crippen LogP contribution in [-0.4, -0.2) is 15.0 Å². The molecule has 21 heavy (non-hydrogen) atoms. The molecule has 0 fully saturated rings. The molecule has 0 saturated heterocycles. The van der Waals surface area contributed by atoms with E-state index in [1.807, 2.05) is 0 Å². The van der Waals surface area contributed by atoms with Gasteiger partial charge in [-0.1, -0.05) is 23.7 Å². The first-order valence-electron chi connectivity index (χ1n) is 6.05. The maximum atomic E-state index is 13.0. The maximum Gasteiger partial charge on any atom is 0.340 e. The van der Waals surface area contributed by atoms with E-state index in [4.69, 9.17) is 20.5 Å². The summed E-state index contributed by atoms with van der Waals surface area (Å²) in [6, 6.07) is 9.30. The minimum atomic E-state index is -4.18. The van der Waals surface area contributed by atoms with Crippen LogP contribution < -0.4 is 8.92 Å². The van der Waals surface area contributed by atoms with Crippen LogP contribution in [-0.2, 0) is 10.1 Å². The molecular formula is C14H12ClFO4S. The molecule has 0 spiro atoms. The van der Waals surface area contributed by atoms with Crippen molar-refractivity contribution in [3.05, 3.63) is 53.3 Å². The summed E-state index contributed by atoms with van der Waals surface area (Å²) in [6.07, 6.45) is 0. The Morgan fingerprint density at radius 1 is 1.14 bits per heavy atom. The SMILES string of the molecule is CCOc1ccccc1OS(=O)(=O)c1ccc(F)cc1Cl. The fourth-order valence-electron chi connectivity index (χ4n) is 1.63. The van der Waals surface area contributed by atoms with Crippen LogP contribution in [0.15, 0.2) is 47.4 Å². The van der Waals surface area contributed by atoms with Gasteiger partial charge in [0.1, 0.15) is 10.7 Å².